The number of halogens is 3. The summed E-state index contributed by atoms with van der Waals surface area (Å²) >= 11 is 0. The van der Waals surface area contributed by atoms with Crippen molar-refractivity contribution in [3.63, 3.8) is 0 Å². The second-order valence-electron chi connectivity index (χ2n) is 6.80. The smallest absolute Gasteiger partial charge is 0.431 e. The van der Waals surface area contributed by atoms with E-state index in [-0.39, 0.29) is 5.89 Å². The van der Waals surface area contributed by atoms with E-state index in [0.29, 0.717) is 11.3 Å². The van der Waals surface area contributed by atoms with E-state index in [1.54, 1.807) is 42.5 Å². The van der Waals surface area contributed by atoms with Gasteiger partial charge in [0.15, 0.2) is 5.69 Å². The number of nitrogens with zero attached hydrogens (tertiary/aromatic N) is 2. The van der Waals surface area contributed by atoms with Crippen molar-refractivity contribution in [3.05, 3.63) is 66.1 Å². The number of piperazine rings is 1. The zero-order valence-corrected chi connectivity index (χ0v) is 15.9. The molecule has 1 aliphatic heterocycles. The highest BCUT2D eigenvalue weighted by Crippen LogP contribution is 2.35. The first-order chi connectivity index (χ1) is 14.4. The van der Waals surface area contributed by atoms with Crippen molar-refractivity contribution in [2.45, 2.75) is 6.18 Å². The van der Waals surface area contributed by atoms with Gasteiger partial charge in [0.1, 0.15) is 0 Å². The first-order valence-electron chi connectivity index (χ1n) is 9.42. The Labute approximate surface area is 170 Å². The second-order valence-corrected chi connectivity index (χ2v) is 6.80. The van der Waals surface area contributed by atoms with E-state index in [1.807, 2.05) is 12.1 Å². The summed E-state index contributed by atoms with van der Waals surface area (Å²) < 4.78 is 45.1. The zero-order chi connectivity index (χ0) is 21.1. The molecular formula is C21H19F3N4O2. The Hall–Kier alpha value is -3.33. The number of amides is 1. The Bertz CT molecular complexity index is 1010. The van der Waals surface area contributed by atoms with E-state index in [9.17, 15) is 18.0 Å². The van der Waals surface area contributed by atoms with Crippen LogP contribution >= 0.6 is 0 Å². The molecule has 2 N–H and O–H groups in total. The van der Waals surface area contributed by atoms with Crippen molar-refractivity contribution in [1.82, 2.24) is 10.3 Å². The highest BCUT2D eigenvalue weighted by atomic mass is 19.4. The maximum atomic E-state index is 13.4. The van der Waals surface area contributed by atoms with Crippen molar-refractivity contribution in [3.8, 4) is 11.5 Å². The van der Waals surface area contributed by atoms with Crippen molar-refractivity contribution < 1.29 is 22.4 Å². The molecule has 0 atom stereocenters. The van der Waals surface area contributed by atoms with Gasteiger partial charge < -0.3 is 20.0 Å². The van der Waals surface area contributed by atoms with Crippen LogP contribution in [0, 0.1) is 0 Å². The van der Waals surface area contributed by atoms with Crippen molar-refractivity contribution in [2.75, 3.05) is 36.4 Å². The van der Waals surface area contributed by atoms with Crippen LogP contribution in [0.1, 0.15) is 16.2 Å². The van der Waals surface area contributed by atoms with Crippen LogP contribution < -0.4 is 15.5 Å². The summed E-state index contributed by atoms with van der Waals surface area (Å²) in [5.41, 5.74) is 0.907. The molecule has 2 aromatic carbocycles. The minimum absolute atomic E-state index is 0.262. The summed E-state index contributed by atoms with van der Waals surface area (Å²) in [6.45, 7) is 3.49. The molecule has 1 aliphatic rings. The van der Waals surface area contributed by atoms with Gasteiger partial charge in [-0.05, 0) is 36.4 Å². The summed E-state index contributed by atoms with van der Waals surface area (Å²) in [5.74, 6) is -2.67. The van der Waals surface area contributed by atoms with Crippen molar-refractivity contribution >= 4 is 17.3 Å². The molecule has 6 nitrogen and oxygen atoms in total. The Morgan fingerprint density at radius 3 is 2.33 bits per heavy atom. The van der Waals surface area contributed by atoms with Gasteiger partial charge in [-0.15, -0.1) is 0 Å². The molecule has 0 unspecified atom stereocenters. The lowest BCUT2D eigenvalue weighted by Crippen LogP contribution is -2.43. The van der Waals surface area contributed by atoms with Gasteiger partial charge in [0.2, 0.25) is 11.7 Å². The standard InChI is InChI=1S/C21H19F3N4O2/c22-21(23,24)18-17(27-20(30-18)14-4-2-1-3-5-14)19(29)26-15-6-8-16(9-7-15)28-12-10-25-11-13-28/h1-9,25H,10-13H2,(H,26,29). The number of alkyl halides is 3. The van der Waals surface area contributed by atoms with Crippen LogP contribution in [-0.2, 0) is 6.18 Å². The van der Waals surface area contributed by atoms with Gasteiger partial charge in [-0.3, -0.25) is 4.79 Å². The fourth-order valence-corrected chi connectivity index (χ4v) is 3.24. The zero-order valence-electron chi connectivity index (χ0n) is 15.9. The number of hydrogen-bond donors (Lipinski definition) is 2. The molecule has 4 rings (SSSR count). The third kappa shape index (κ3) is 4.30. The van der Waals surface area contributed by atoms with Gasteiger partial charge in [-0.2, -0.15) is 13.2 Å². The fourth-order valence-electron chi connectivity index (χ4n) is 3.24. The number of carbonyl (C=O) groups excluding carboxylic acids is 1. The molecule has 0 spiro atoms. The lowest BCUT2D eigenvalue weighted by molar-refractivity contribution is -0.153. The molecule has 0 aliphatic carbocycles. The van der Waals surface area contributed by atoms with E-state index >= 15 is 0 Å². The minimum atomic E-state index is -4.85. The van der Waals surface area contributed by atoms with Gasteiger partial charge in [-0.25, -0.2) is 4.98 Å². The SMILES string of the molecule is O=C(Nc1ccc(N2CCNCC2)cc1)c1nc(-c2ccccc2)oc1C(F)(F)F. The summed E-state index contributed by atoms with van der Waals surface area (Å²) in [7, 11) is 0. The van der Waals surface area contributed by atoms with E-state index in [2.05, 4.69) is 20.5 Å². The van der Waals surface area contributed by atoms with Gasteiger partial charge in [0, 0.05) is 43.1 Å². The van der Waals surface area contributed by atoms with Gasteiger partial charge in [0.05, 0.1) is 0 Å². The molecule has 156 valence electrons. The Morgan fingerprint density at radius 1 is 1.03 bits per heavy atom. The van der Waals surface area contributed by atoms with Crippen molar-refractivity contribution in [1.29, 1.82) is 0 Å². The Balaban J connectivity index is 1.56. The first-order valence-corrected chi connectivity index (χ1v) is 9.42. The average molecular weight is 416 g/mol. The van der Waals surface area contributed by atoms with E-state index in [1.165, 1.54) is 0 Å². The molecule has 1 fully saturated rings. The number of oxazole rings is 1. The second kappa shape index (κ2) is 8.19. The maximum Gasteiger partial charge on any atom is 0.452 e. The van der Waals surface area contributed by atoms with Crippen molar-refractivity contribution in [2.24, 2.45) is 0 Å². The summed E-state index contributed by atoms with van der Waals surface area (Å²) in [6, 6.07) is 15.1. The molecule has 30 heavy (non-hydrogen) atoms. The van der Waals surface area contributed by atoms with Crippen LogP contribution in [0.5, 0.6) is 0 Å². The normalized spacial score (nSPS) is 14.6. The van der Waals surface area contributed by atoms with Crippen LogP contribution in [0.15, 0.2) is 59.0 Å². The molecular weight excluding hydrogens is 397 g/mol. The third-order valence-corrected chi connectivity index (χ3v) is 4.73. The van der Waals surface area contributed by atoms with Crippen LogP contribution in [0.4, 0.5) is 24.5 Å². The summed E-state index contributed by atoms with van der Waals surface area (Å²) in [4.78, 5) is 18.6. The quantitative estimate of drug-likeness (QED) is 0.672. The van der Waals surface area contributed by atoms with E-state index < -0.39 is 23.5 Å². The molecule has 3 aromatic rings. The fraction of sp³-hybridized carbons (Fsp3) is 0.238. The number of anilines is 2. The van der Waals surface area contributed by atoms with Gasteiger partial charge in [-0.1, -0.05) is 18.2 Å². The number of carbonyl (C=O) groups is 1. The molecule has 2 heterocycles. The van der Waals surface area contributed by atoms with E-state index in [0.717, 1.165) is 31.9 Å². The third-order valence-electron chi connectivity index (χ3n) is 4.73. The Kier molecular flexibility index (Phi) is 5.45. The Morgan fingerprint density at radius 2 is 1.70 bits per heavy atom. The predicted molar refractivity (Wildman–Crippen MR) is 106 cm³/mol. The number of hydrogen-bond acceptors (Lipinski definition) is 5. The van der Waals surface area contributed by atoms with Crippen LogP contribution in [-0.4, -0.2) is 37.1 Å². The first kappa shape index (κ1) is 20.0. The molecule has 0 radical (unpaired) electrons. The predicted octanol–water partition coefficient (Wildman–Crippen LogP) is 4.02. The van der Waals surface area contributed by atoms with Gasteiger partial charge >= 0.3 is 6.18 Å². The number of nitrogens with one attached hydrogen (secondary N) is 2. The lowest BCUT2D eigenvalue weighted by Gasteiger charge is -2.29. The molecule has 9 heteroatoms. The van der Waals surface area contributed by atoms with E-state index in [4.69, 9.17) is 4.42 Å². The monoisotopic (exact) mass is 416 g/mol. The molecule has 0 saturated carbocycles. The van der Waals surface area contributed by atoms with Crippen LogP contribution in [0.3, 0.4) is 0 Å². The number of aromatic nitrogens is 1. The summed E-state index contributed by atoms with van der Waals surface area (Å²) in [5, 5.41) is 5.74. The molecule has 1 amide bonds. The minimum Gasteiger partial charge on any atom is -0.431 e. The topological polar surface area (TPSA) is 70.4 Å². The number of benzene rings is 2. The average Bonchev–Trinajstić information content (AvgIpc) is 3.22. The lowest BCUT2D eigenvalue weighted by atomic mass is 10.2. The largest absolute Gasteiger partial charge is 0.452 e. The summed E-state index contributed by atoms with van der Waals surface area (Å²) in [6.07, 6.45) is -4.85. The highest BCUT2D eigenvalue weighted by molar-refractivity contribution is 6.04. The molecule has 0 bridgehead atoms. The molecule has 1 saturated heterocycles. The van der Waals surface area contributed by atoms with Crippen LogP contribution in [0.2, 0.25) is 0 Å². The maximum absolute atomic E-state index is 13.4. The number of rotatable bonds is 4. The highest BCUT2D eigenvalue weighted by Gasteiger charge is 2.42. The molecule has 1 aromatic heterocycles. The van der Waals surface area contributed by atoms with Gasteiger partial charge in [0.25, 0.3) is 5.91 Å². The van der Waals surface area contributed by atoms with Crippen LogP contribution in [0.25, 0.3) is 11.5 Å².